The summed E-state index contributed by atoms with van der Waals surface area (Å²) >= 11 is 3.49. The van der Waals surface area contributed by atoms with Crippen LogP contribution in [0.4, 0.5) is 0 Å². The van der Waals surface area contributed by atoms with Gasteiger partial charge in [-0.05, 0) is 56.8 Å². The lowest BCUT2D eigenvalue weighted by atomic mass is 10.0. The highest BCUT2D eigenvalue weighted by molar-refractivity contribution is 9.10. The zero-order chi connectivity index (χ0) is 17.1. The molecular formula is C19H24BrN3O. The average molecular weight is 390 g/mol. The van der Waals surface area contributed by atoms with Crippen LogP contribution >= 0.6 is 15.9 Å². The number of benzene rings is 1. The number of carbonyl (C=O) groups is 1. The minimum Gasteiger partial charge on any atom is -0.354 e. The summed E-state index contributed by atoms with van der Waals surface area (Å²) in [5.41, 5.74) is 3.07. The molecule has 0 spiro atoms. The maximum absolute atomic E-state index is 12.5. The van der Waals surface area contributed by atoms with Crippen molar-refractivity contribution in [1.82, 2.24) is 14.8 Å². The van der Waals surface area contributed by atoms with E-state index in [0.29, 0.717) is 5.69 Å². The van der Waals surface area contributed by atoms with Crippen LogP contribution in [0.3, 0.4) is 0 Å². The molecular weight excluding hydrogens is 366 g/mol. The summed E-state index contributed by atoms with van der Waals surface area (Å²) in [6.07, 6.45) is 3.08. The number of halogens is 1. The van der Waals surface area contributed by atoms with E-state index < -0.39 is 0 Å². The molecule has 3 rings (SSSR count). The summed E-state index contributed by atoms with van der Waals surface area (Å²) in [4.78, 5) is 19.9. The van der Waals surface area contributed by atoms with Gasteiger partial charge in [0.15, 0.2) is 0 Å². The molecule has 1 saturated heterocycles. The van der Waals surface area contributed by atoms with Gasteiger partial charge in [0.2, 0.25) is 0 Å². The third kappa shape index (κ3) is 3.90. The Kier molecular flexibility index (Phi) is 5.41. The second kappa shape index (κ2) is 7.53. The van der Waals surface area contributed by atoms with Crippen LogP contribution in [-0.4, -0.2) is 47.9 Å². The molecule has 0 aliphatic carbocycles. The van der Waals surface area contributed by atoms with Crippen LogP contribution in [-0.2, 0) is 6.42 Å². The molecule has 0 radical (unpaired) electrons. The highest BCUT2D eigenvalue weighted by atomic mass is 79.9. The molecule has 1 atom stereocenters. The highest BCUT2D eigenvalue weighted by Crippen LogP contribution is 2.25. The molecule has 128 valence electrons. The normalized spacial score (nSPS) is 15.9. The maximum Gasteiger partial charge on any atom is 0.270 e. The highest BCUT2D eigenvalue weighted by Gasteiger charge is 2.21. The van der Waals surface area contributed by atoms with Crippen molar-refractivity contribution in [3.63, 3.8) is 0 Å². The summed E-state index contributed by atoms with van der Waals surface area (Å²) < 4.78 is 1.09. The zero-order valence-corrected chi connectivity index (χ0v) is 15.8. The van der Waals surface area contributed by atoms with Gasteiger partial charge in [-0.1, -0.05) is 28.1 Å². The Labute approximate surface area is 152 Å². The second-order valence-corrected chi connectivity index (χ2v) is 7.55. The number of carbonyl (C=O) groups excluding carboxylic acids is 1. The molecule has 24 heavy (non-hydrogen) atoms. The fourth-order valence-electron chi connectivity index (χ4n) is 3.27. The van der Waals surface area contributed by atoms with Gasteiger partial charge in [0.05, 0.1) is 0 Å². The van der Waals surface area contributed by atoms with E-state index in [-0.39, 0.29) is 11.9 Å². The van der Waals surface area contributed by atoms with Crippen molar-refractivity contribution in [3.8, 4) is 0 Å². The van der Waals surface area contributed by atoms with Gasteiger partial charge >= 0.3 is 0 Å². The Morgan fingerprint density at radius 1 is 1.17 bits per heavy atom. The van der Waals surface area contributed by atoms with Gasteiger partial charge < -0.3 is 14.8 Å². The third-order valence-electron chi connectivity index (χ3n) is 4.66. The van der Waals surface area contributed by atoms with Gasteiger partial charge in [0.1, 0.15) is 5.69 Å². The van der Waals surface area contributed by atoms with Crippen LogP contribution in [0.2, 0.25) is 0 Å². The lowest BCUT2D eigenvalue weighted by Crippen LogP contribution is -2.28. The number of aromatic amines is 1. The quantitative estimate of drug-likeness (QED) is 0.842. The van der Waals surface area contributed by atoms with Crippen molar-refractivity contribution >= 4 is 21.8 Å². The standard InChI is InChI=1S/C19H24BrN3O/c1-22(2)18(14-5-7-15(20)8-6-14)13-16-9-10-17(21-16)19(24)23-11-3-4-12-23/h5-10,18,21H,3-4,11-13H2,1-2H3. The minimum absolute atomic E-state index is 0.129. The van der Waals surface area contributed by atoms with Crippen LogP contribution in [0.5, 0.6) is 0 Å². The lowest BCUT2D eigenvalue weighted by Gasteiger charge is -2.24. The molecule has 2 aromatic rings. The summed E-state index contributed by atoms with van der Waals surface area (Å²) in [5, 5.41) is 0. The molecule has 1 aromatic carbocycles. The Hall–Kier alpha value is -1.59. The Balaban J connectivity index is 1.73. The van der Waals surface area contributed by atoms with Crippen LogP contribution in [0.1, 0.15) is 40.6 Å². The lowest BCUT2D eigenvalue weighted by molar-refractivity contribution is 0.0787. The first-order valence-corrected chi connectivity index (χ1v) is 9.23. The first-order chi connectivity index (χ1) is 11.5. The van der Waals surface area contributed by atoms with E-state index in [9.17, 15) is 4.79 Å². The first kappa shape index (κ1) is 17.2. The Bertz CT molecular complexity index is 687. The Morgan fingerprint density at radius 2 is 1.83 bits per heavy atom. The monoisotopic (exact) mass is 389 g/mol. The van der Waals surface area contributed by atoms with E-state index >= 15 is 0 Å². The SMILES string of the molecule is CN(C)C(Cc1ccc(C(=O)N2CCCC2)[nH]1)c1ccc(Br)cc1. The number of likely N-dealkylation sites (N-methyl/N-ethyl adjacent to an activating group) is 1. The first-order valence-electron chi connectivity index (χ1n) is 8.43. The van der Waals surface area contributed by atoms with Crippen LogP contribution < -0.4 is 0 Å². The number of H-pyrrole nitrogens is 1. The summed E-state index contributed by atoms with van der Waals surface area (Å²) in [6.45, 7) is 1.76. The van der Waals surface area contributed by atoms with Crippen LogP contribution in [0.25, 0.3) is 0 Å². The molecule has 4 nitrogen and oxygen atoms in total. The largest absolute Gasteiger partial charge is 0.354 e. The molecule has 0 saturated carbocycles. The molecule has 1 aromatic heterocycles. The molecule has 0 bridgehead atoms. The van der Waals surface area contributed by atoms with Gasteiger partial charge in [0.25, 0.3) is 5.91 Å². The van der Waals surface area contributed by atoms with E-state index in [1.54, 1.807) is 0 Å². The van der Waals surface area contributed by atoms with Crippen molar-refractivity contribution in [2.45, 2.75) is 25.3 Å². The predicted molar refractivity (Wildman–Crippen MR) is 100 cm³/mol. The van der Waals surface area contributed by atoms with E-state index in [4.69, 9.17) is 0 Å². The molecule has 1 unspecified atom stereocenters. The van der Waals surface area contributed by atoms with Crippen molar-refractivity contribution < 1.29 is 4.79 Å². The number of amides is 1. The van der Waals surface area contributed by atoms with Gasteiger partial charge in [-0.15, -0.1) is 0 Å². The van der Waals surface area contributed by atoms with Crippen LogP contribution in [0.15, 0.2) is 40.9 Å². The number of nitrogens with one attached hydrogen (secondary N) is 1. The van der Waals surface area contributed by atoms with Gasteiger partial charge in [-0.25, -0.2) is 0 Å². The zero-order valence-electron chi connectivity index (χ0n) is 14.3. The van der Waals surface area contributed by atoms with Crippen molar-refractivity contribution in [2.24, 2.45) is 0 Å². The van der Waals surface area contributed by atoms with Crippen LogP contribution in [0, 0.1) is 0 Å². The van der Waals surface area contributed by atoms with Gasteiger partial charge in [-0.3, -0.25) is 4.79 Å². The fraction of sp³-hybridized carbons (Fsp3) is 0.421. The van der Waals surface area contributed by atoms with E-state index in [2.05, 4.69) is 64.2 Å². The number of hydrogen-bond acceptors (Lipinski definition) is 2. The molecule has 1 aliphatic heterocycles. The molecule has 1 aliphatic rings. The molecule has 2 heterocycles. The molecule has 1 fully saturated rings. The molecule has 5 heteroatoms. The second-order valence-electron chi connectivity index (χ2n) is 6.63. The summed E-state index contributed by atoms with van der Waals surface area (Å²) in [7, 11) is 4.18. The third-order valence-corrected chi connectivity index (χ3v) is 5.19. The number of likely N-dealkylation sites (tertiary alicyclic amines) is 1. The van der Waals surface area contributed by atoms with E-state index in [1.165, 1.54) is 5.56 Å². The smallest absolute Gasteiger partial charge is 0.270 e. The number of rotatable bonds is 5. The maximum atomic E-state index is 12.5. The number of nitrogens with zero attached hydrogens (tertiary/aromatic N) is 2. The summed E-state index contributed by atoms with van der Waals surface area (Å²) in [5.74, 6) is 0.129. The van der Waals surface area contributed by atoms with Crippen molar-refractivity contribution in [1.29, 1.82) is 0 Å². The minimum atomic E-state index is 0.129. The summed E-state index contributed by atoms with van der Waals surface area (Å²) in [6, 6.07) is 12.7. The van der Waals surface area contributed by atoms with Gasteiger partial charge in [0, 0.05) is 35.7 Å². The number of hydrogen-bond donors (Lipinski definition) is 1. The molecule has 1 amide bonds. The predicted octanol–water partition coefficient (Wildman–Crippen LogP) is 3.86. The average Bonchev–Trinajstić information content (AvgIpc) is 3.24. The topological polar surface area (TPSA) is 39.3 Å². The number of aromatic nitrogens is 1. The van der Waals surface area contributed by atoms with Gasteiger partial charge in [-0.2, -0.15) is 0 Å². The van der Waals surface area contributed by atoms with E-state index in [0.717, 1.165) is 42.5 Å². The molecule has 1 N–H and O–H groups in total. The Morgan fingerprint density at radius 3 is 2.46 bits per heavy atom. The van der Waals surface area contributed by atoms with E-state index in [1.807, 2.05) is 17.0 Å². The van der Waals surface area contributed by atoms with Crippen molar-refractivity contribution in [2.75, 3.05) is 27.2 Å². The van der Waals surface area contributed by atoms with Crippen molar-refractivity contribution in [3.05, 3.63) is 57.8 Å². The fourth-order valence-corrected chi connectivity index (χ4v) is 3.53.